The Morgan fingerprint density at radius 3 is 2.65 bits per heavy atom. The van der Waals surface area contributed by atoms with Gasteiger partial charge < -0.3 is 15.0 Å². The number of sulfone groups is 1. The third-order valence-electron chi connectivity index (χ3n) is 4.79. The van der Waals surface area contributed by atoms with Gasteiger partial charge in [0.15, 0.2) is 9.84 Å². The molecule has 10 heteroatoms. The first-order chi connectivity index (χ1) is 12.4. The van der Waals surface area contributed by atoms with Gasteiger partial charge >= 0.3 is 0 Å². The van der Waals surface area contributed by atoms with Crippen LogP contribution in [0.15, 0.2) is 12.4 Å². The van der Waals surface area contributed by atoms with E-state index in [4.69, 9.17) is 4.74 Å². The van der Waals surface area contributed by atoms with E-state index in [1.54, 1.807) is 11.9 Å². The molecule has 1 amide bonds. The normalized spacial score (nSPS) is 22.9. The van der Waals surface area contributed by atoms with Crippen molar-refractivity contribution in [2.45, 2.75) is 12.5 Å². The van der Waals surface area contributed by atoms with Gasteiger partial charge in [-0.2, -0.15) is 0 Å². The van der Waals surface area contributed by atoms with E-state index < -0.39 is 9.84 Å². The van der Waals surface area contributed by atoms with Crippen LogP contribution in [0, 0.1) is 0 Å². The number of rotatable bonds is 6. The summed E-state index contributed by atoms with van der Waals surface area (Å²) >= 11 is 0. The standard InChI is InChI=1S/C16H25N5O4S/c1-20(14-2-9-26(23,24)12-14)16-18-10-13(11-19-16)15(22)17-3-4-21-5-7-25-8-6-21/h10-11,14H,2-9,12H2,1H3,(H,17,22). The summed E-state index contributed by atoms with van der Waals surface area (Å²) in [7, 11) is -1.18. The summed E-state index contributed by atoms with van der Waals surface area (Å²) < 4.78 is 28.5. The van der Waals surface area contributed by atoms with Crippen molar-refractivity contribution in [2.24, 2.45) is 0 Å². The molecule has 1 N–H and O–H groups in total. The SMILES string of the molecule is CN(c1ncc(C(=O)NCCN2CCOCC2)cn1)C1CCS(=O)(=O)C1. The Kier molecular flexibility index (Phi) is 6.05. The van der Waals surface area contributed by atoms with Crippen molar-refractivity contribution >= 4 is 21.7 Å². The number of carbonyl (C=O) groups excluding carboxylic acids is 1. The summed E-state index contributed by atoms with van der Waals surface area (Å²) in [6.45, 7) is 4.58. The highest BCUT2D eigenvalue weighted by Gasteiger charge is 2.31. The van der Waals surface area contributed by atoms with E-state index >= 15 is 0 Å². The maximum absolute atomic E-state index is 12.2. The average molecular weight is 383 g/mol. The molecule has 26 heavy (non-hydrogen) atoms. The Hall–Kier alpha value is -1.78. The first-order valence-electron chi connectivity index (χ1n) is 8.78. The molecule has 9 nitrogen and oxygen atoms in total. The van der Waals surface area contributed by atoms with Crippen molar-refractivity contribution in [3.8, 4) is 0 Å². The lowest BCUT2D eigenvalue weighted by Crippen LogP contribution is -2.41. The van der Waals surface area contributed by atoms with E-state index in [0.717, 1.165) is 32.8 Å². The predicted octanol–water partition coefficient (Wildman–Crippen LogP) is -0.838. The van der Waals surface area contributed by atoms with Crippen molar-refractivity contribution in [3.63, 3.8) is 0 Å². The van der Waals surface area contributed by atoms with E-state index in [2.05, 4.69) is 20.2 Å². The lowest BCUT2D eigenvalue weighted by molar-refractivity contribution is 0.0383. The maximum atomic E-state index is 12.2. The van der Waals surface area contributed by atoms with Crippen LogP contribution >= 0.6 is 0 Å². The molecule has 0 saturated carbocycles. The number of hydrogen-bond acceptors (Lipinski definition) is 8. The van der Waals surface area contributed by atoms with E-state index in [1.807, 2.05) is 0 Å². The van der Waals surface area contributed by atoms with E-state index in [0.29, 0.717) is 24.5 Å². The highest BCUT2D eigenvalue weighted by Crippen LogP contribution is 2.19. The Labute approximate surface area is 153 Å². The number of nitrogens with one attached hydrogen (secondary N) is 1. The van der Waals surface area contributed by atoms with Crippen LogP contribution in [0.3, 0.4) is 0 Å². The largest absolute Gasteiger partial charge is 0.379 e. The van der Waals surface area contributed by atoms with Crippen molar-refractivity contribution in [1.82, 2.24) is 20.2 Å². The number of amides is 1. The van der Waals surface area contributed by atoms with Crippen LogP contribution < -0.4 is 10.2 Å². The highest BCUT2D eigenvalue weighted by molar-refractivity contribution is 7.91. The van der Waals surface area contributed by atoms with Gasteiger partial charge in [-0.3, -0.25) is 9.69 Å². The van der Waals surface area contributed by atoms with E-state index in [9.17, 15) is 13.2 Å². The molecule has 2 fully saturated rings. The molecule has 1 aromatic rings. The van der Waals surface area contributed by atoms with Crippen molar-refractivity contribution < 1.29 is 17.9 Å². The number of carbonyl (C=O) groups is 1. The summed E-state index contributed by atoms with van der Waals surface area (Å²) in [6, 6.07) is -0.117. The molecule has 0 bridgehead atoms. The number of hydrogen-bond donors (Lipinski definition) is 1. The van der Waals surface area contributed by atoms with Crippen LogP contribution in [0.2, 0.25) is 0 Å². The molecule has 2 aliphatic rings. The van der Waals surface area contributed by atoms with Gasteiger partial charge in [0.1, 0.15) is 0 Å². The Balaban J connectivity index is 1.49. The number of anilines is 1. The minimum atomic E-state index is -2.96. The monoisotopic (exact) mass is 383 g/mol. The Morgan fingerprint density at radius 1 is 1.35 bits per heavy atom. The molecule has 0 aliphatic carbocycles. The van der Waals surface area contributed by atoms with Gasteiger partial charge in [0.25, 0.3) is 5.91 Å². The molecule has 1 aromatic heterocycles. The minimum Gasteiger partial charge on any atom is -0.379 e. The molecule has 3 rings (SSSR count). The zero-order valence-electron chi connectivity index (χ0n) is 14.9. The minimum absolute atomic E-state index is 0.117. The highest BCUT2D eigenvalue weighted by atomic mass is 32.2. The lowest BCUT2D eigenvalue weighted by Gasteiger charge is -2.26. The quantitative estimate of drug-likeness (QED) is 0.678. The molecule has 0 spiro atoms. The molecular formula is C16H25N5O4S. The number of nitrogens with zero attached hydrogens (tertiary/aromatic N) is 4. The number of aromatic nitrogens is 2. The Morgan fingerprint density at radius 2 is 2.04 bits per heavy atom. The lowest BCUT2D eigenvalue weighted by atomic mass is 10.2. The molecule has 144 valence electrons. The van der Waals surface area contributed by atoms with Crippen LogP contribution in [-0.4, -0.2) is 93.2 Å². The first kappa shape index (κ1) is 19.0. The third kappa shape index (κ3) is 4.89. The smallest absolute Gasteiger partial charge is 0.254 e. The second kappa shape index (κ2) is 8.28. The van der Waals surface area contributed by atoms with Crippen molar-refractivity contribution in [2.75, 3.05) is 62.8 Å². The van der Waals surface area contributed by atoms with Gasteiger partial charge in [0.2, 0.25) is 5.95 Å². The molecule has 1 unspecified atom stereocenters. The number of morpholine rings is 1. The third-order valence-corrected chi connectivity index (χ3v) is 6.54. The van der Waals surface area contributed by atoms with Gasteiger partial charge in [-0.05, 0) is 6.42 Å². The topological polar surface area (TPSA) is 105 Å². The summed E-state index contributed by atoms with van der Waals surface area (Å²) in [5.41, 5.74) is 0.392. The fourth-order valence-electron chi connectivity index (χ4n) is 3.12. The van der Waals surface area contributed by atoms with Crippen LogP contribution in [-0.2, 0) is 14.6 Å². The molecule has 2 saturated heterocycles. The second-order valence-corrected chi connectivity index (χ2v) is 8.88. The molecule has 1 atom stereocenters. The van der Waals surface area contributed by atoms with Crippen molar-refractivity contribution in [1.29, 1.82) is 0 Å². The molecule has 3 heterocycles. The average Bonchev–Trinajstić information content (AvgIpc) is 3.02. The van der Waals surface area contributed by atoms with Gasteiger partial charge in [-0.25, -0.2) is 18.4 Å². The zero-order chi connectivity index (χ0) is 18.6. The molecule has 0 radical (unpaired) electrons. The molecule has 0 aromatic carbocycles. The summed E-state index contributed by atoms with van der Waals surface area (Å²) in [4.78, 5) is 24.6. The maximum Gasteiger partial charge on any atom is 0.254 e. The predicted molar refractivity (Wildman–Crippen MR) is 97.1 cm³/mol. The van der Waals surface area contributed by atoms with Crippen molar-refractivity contribution in [3.05, 3.63) is 18.0 Å². The molecular weight excluding hydrogens is 358 g/mol. The van der Waals surface area contributed by atoms with Gasteiger partial charge in [0, 0.05) is 51.7 Å². The summed E-state index contributed by atoms with van der Waals surface area (Å²) in [5, 5.41) is 2.87. The van der Waals surface area contributed by atoms with E-state index in [1.165, 1.54) is 12.4 Å². The van der Waals surface area contributed by atoms with E-state index in [-0.39, 0.29) is 23.5 Å². The van der Waals surface area contributed by atoms with Crippen LogP contribution in [0.25, 0.3) is 0 Å². The van der Waals surface area contributed by atoms with Crippen LogP contribution in [0.4, 0.5) is 5.95 Å². The number of ether oxygens (including phenoxy) is 1. The first-order valence-corrected chi connectivity index (χ1v) is 10.6. The summed E-state index contributed by atoms with van der Waals surface area (Å²) in [6.07, 6.45) is 3.53. The fourth-order valence-corrected chi connectivity index (χ4v) is 4.89. The Bertz CT molecular complexity index is 719. The van der Waals surface area contributed by atoms with Gasteiger partial charge in [0.05, 0.1) is 30.3 Å². The zero-order valence-corrected chi connectivity index (χ0v) is 15.7. The summed E-state index contributed by atoms with van der Waals surface area (Å²) in [5.74, 6) is 0.537. The second-order valence-electron chi connectivity index (χ2n) is 6.65. The van der Waals surface area contributed by atoms with Gasteiger partial charge in [-0.1, -0.05) is 0 Å². The van der Waals surface area contributed by atoms with Gasteiger partial charge in [-0.15, -0.1) is 0 Å². The van der Waals surface area contributed by atoms with Crippen LogP contribution in [0.1, 0.15) is 16.8 Å². The fraction of sp³-hybridized carbons (Fsp3) is 0.688. The molecule has 2 aliphatic heterocycles. The van der Waals surface area contributed by atoms with Crippen LogP contribution in [0.5, 0.6) is 0 Å².